The van der Waals surface area contributed by atoms with Crippen molar-refractivity contribution in [1.82, 2.24) is 9.80 Å². The molecular weight excluding hydrogens is 184 g/mol. The van der Waals surface area contributed by atoms with Crippen LogP contribution in [0.3, 0.4) is 0 Å². The first kappa shape index (κ1) is 10.9. The van der Waals surface area contributed by atoms with Gasteiger partial charge in [-0.25, -0.2) is 0 Å². The van der Waals surface area contributed by atoms with E-state index in [1.54, 1.807) is 0 Å². The Bertz CT molecular complexity index is 178. The Morgan fingerprint density at radius 3 is 2.38 bits per heavy atom. The maximum absolute atomic E-state index is 11.7. The fourth-order valence-electron chi connectivity index (χ4n) is 1.42. The predicted octanol–water partition coefficient (Wildman–Crippen LogP) is 0.326. The highest BCUT2D eigenvalue weighted by Crippen LogP contribution is 2.07. The summed E-state index contributed by atoms with van der Waals surface area (Å²) in [6.45, 7) is 5.66. The number of thiol groups is 1. The third-order valence-corrected chi connectivity index (χ3v) is 3.06. The van der Waals surface area contributed by atoms with E-state index < -0.39 is 0 Å². The molecule has 0 aromatic rings. The SMILES string of the molecule is CC(CS)C(=O)N1CCN(C)CC1. The third kappa shape index (κ3) is 2.88. The van der Waals surface area contributed by atoms with Gasteiger partial charge in [0, 0.05) is 37.8 Å². The van der Waals surface area contributed by atoms with Gasteiger partial charge >= 0.3 is 0 Å². The van der Waals surface area contributed by atoms with Crippen LogP contribution in [0.4, 0.5) is 0 Å². The first-order valence-corrected chi connectivity index (χ1v) is 5.36. The molecule has 1 saturated heterocycles. The molecule has 3 nitrogen and oxygen atoms in total. The Labute approximate surface area is 85.5 Å². The number of nitrogens with zero attached hydrogens (tertiary/aromatic N) is 2. The Morgan fingerprint density at radius 2 is 1.92 bits per heavy atom. The summed E-state index contributed by atoms with van der Waals surface area (Å²) in [6.07, 6.45) is 0. The summed E-state index contributed by atoms with van der Waals surface area (Å²) < 4.78 is 0. The zero-order chi connectivity index (χ0) is 9.84. The first-order valence-electron chi connectivity index (χ1n) is 4.73. The van der Waals surface area contributed by atoms with Gasteiger partial charge < -0.3 is 9.80 Å². The highest BCUT2D eigenvalue weighted by Gasteiger charge is 2.22. The number of likely N-dealkylation sites (N-methyl/N-ethyl adjacent to an activating group) is 1. The minimum Gasteiger partial charge on any atom is -0.340 e. The number of hydrogen-bond acceptors (Lipinski definition) is 3. The van der Waals surface area contributed by atoms with E-state index in [0.717, 1.165) is 26.2 Å². The van der Waals surface area contributed by atoms with E-state index in [0.29, 0.717) is 5.75 Å². The van der Waals surface area contributed by atoms with Gasteiger partial charge in [-0.2, -0.15) is 12.6 Å². The minimum atomic E-state index is 0.0618. The standard InChI is InChI=1S/C9H18N2OS/c1-8(7-13)9(12)11-5-3-10(2)4-6-11/h8,13H,3-7H2,1-2H3. The summed E-state index contributed by atoms with van der Waals surface area (Å²) in [7, 11) is 2.09. The Morgan fingerprint density at radius 1 is 1.38 bits per heavy atom. The molecule has 0 aromatic heterocycles. The van der Waals surface area contributed by atoms with Crippen LogP contribution in [0.15, 0.2) is 0 Å². The van der Waals surface area contributed by atoms with Gasteiger partial charge in [0.25, 0.3) is 0 Å². The maximum Gasteiger partial charge on any atom is 0.226 e. The van der Waals surface area contributed by atoms with Gasteiger partial charge in [0.15, 0.2) is 0 Å². The van der Waals surface area contributed by atoms with Crippen molar-refractivity contribution >= 4 is 18.5 Å². The quantitative estimate of drug-likeness (QED) is 0.652. The lowest BCUT2D eigenvalue weighted by Gasteiger charge is -2.33. The average Bonchev–Trinajstić information content (AvgIpc) is 2.17. The van der Waals surface area contributed by atoms with Crippen LogP contribution in [-0.4, -0.2) is 54.7 Å². The normalized spacial score (nSPS) is 21.6. The van der Waals surface area contributed by atoms with Gasteiger partial charge in [0.2, 0.25) is 5.91 Å². The highest BCUT2D eigenvalue weighted by molar-refractivity contribution is 7.80. The molecule has 1 rings (SSSR count). The number of rotatable bonds is 2. The van der Waals surface area contributed by atoms with E-state index in [4.69, 9.17) is 0 Å². The molecule has 1 aliphatic heterocycles. The van der Waals surface area contributed by atoms with E-state index in [1.165, 1.54) is 0 Å². The van der Waals surface area contributed by atoms with E-state index in [2.05, 4.69) is 24.6 Å². The molecule has 76 valence electrons. The molecule has 4 heteroatoms. The largest absolute Gasteiger partial charge is 0.340 e. The molecule has 13 heavy (non-hydrogen) atoms. The fraction of sp³-hybridized carbons (Fsp3) is 0.889. The van der Waals surface area contributed by atoms with Crippen molar-refractivity contribution in [1.29, 1.82) is 0 Å². The molecule has 0 bridgehead atoms. The predicted molar refractivity (Wildman–Crippen MR) is 57.1 cm³/mol. The van der Waals surface area contributed by atoms with E-state index in [9.17, 15) is 4.79 Å². The molecule has 0 spiro atoms. The lowest BCUT2D eigenvalue weighted by molar-refractivity contribution is -0.135. The Hall–Kier alpha value is -0.220. The van der Waals surface area contributed by atoms with Crippen molar-refractivity contribution in [2.45, 2.75) is 6.92 Å². The van der Waals surface area contributed by atoms with E-state index >= 15 is 0 Å². The van der Waals surface area contributed by atoms with Crippen molar-refractivity contribution in [3.63, 3.8) is 0 Å². The van der Waals surface area contributed by atoms with Crippen LogP contribution in [-0.2, 0) is 4.79 Å². The topological polar surface area (TPSA) is 23.6 Å². The van der Waals surface area contributed by atoms with Gasteiger partial charge in [-0.05, 0) is 7.05 Å². The lowest BCUT2D eigenvalue weighted by atomic mass is 10.1. The van der Waals surface area contributed by atoms with Crippen LogP contribution in [0.5, 0.6) is 0 Å². The van der Waals surface area contributed by atoms with Crippen LogP contribution >= 0.6 is 12.6 Å². The van der Waals surface area contributed by atoms with Gasteiger partial charge in [-0.3, -0.25) is 4.79 Å². The van der Waals surface area contributed by atoms with Crippen LogP contribution in [0.25, 0.3) is 0 Å². The van der Waals surface area contributed by atoms with Crippen molar-refractivity contribution in [3.05, 3.63) is 0 Å². The maximum atomic E-state index is 11.7. The van der Waals surface area contributed by atoms with Gasteiger partial charge in [0.05, 0.1) is 0 Å². The van der Waals surface area contributed by atoms with Crippen molar-refractivity contribution in [2.24, 2.45) is 5.92 Å². The molecule has 0 saturated carbocycles. The Kier molecular flexibility index (Phi) is 4.06. The number of hydrogen-bond donors (Lipinski definition) is 1. The van der Waals surface area contributed by atoms with Crippen LogP contribution < -0.4 is 0 Å². The summed E-state index contributed by atoms with van der Waals surface area (Å²) in [5.74, 6) is 0.959. The van der Waals surface area contributed by atoms with E-state index in [-0.39, 0.29) is 11.8 Å². The summed E-state index contributed by atoms with van der Waals surface area (Å²) in [6, 6.07) is 0. The highest BCUT2D eigenvalue weighted by atomic mass is 32.1. The second-order valence-corrected chi connectivity index (χ2v) is 4.08. The minimum absolute atomic E-state index is 0.0618. The Balaban J connectivity index is 2.40. The number of piperazine rings is 1. The van der Waals surface area contributed by atoms with Crippen molar-refractivity contribution < 1.29 is 4.79 Å². The van der Waals surface area contributed by atoms with Crippen molar-refractivity contribution in [3.8, 4) is 0 Å². The summed E-state index contributed by atoms with van der Waals surface area (Å²) in [5.41, 5.74) is 0. The zero-order valence-electron chi connectivity index (χ0n) is 8.36. The van der Waals surface area contributed by atoms with Crippen LogP contribution in [0, 0.1) is 5.92 Å². The number of carbonyl (C=O) groups is 1. The van der Waals surface area contributed by atoms with E-state index in [1.807, 2.05) is 11.8 Å². The summed E-state index contributed by atoms with van der Waals surface area (Å²) >= 11 is 4.13. The molecule has 0 radical (unpaired) electrons. The smallest absolute Gasteiger partial charge is 0.226 e. The second kappa shape index (κ2) is 4.86. The number of amides is 1. The summed E-state index contributed by atoms with van der Waals surface area (Å²) in [5, 5.41) is 0. The molecule has 1 fully saturated rings. The third-order valence-electron chi connectivity index (χ3n) is 2.51. The zero-order valence-corrected chi connectivity index (χ0v) is 9.26. The molecule has 1 heterocycles. The second-order valence-electron chi connectivity index (χ2n) is 3.71. The molecule has 1 aliphatic rings. The van der Waals surface area contributed by atoms with Crippen LogP contribution in [0.1, 0.15) is 6.92 Å². The summed E-state index contributed by atoms with van der Waals surface area (Å²) in [4.78, 5) is 15.9. The molecule has 1 unspecified atom stereocenters. The first-order chi connectivity index (χ1) is 6.15. The molecule has 1 amide bonds. The van der Waals surface area contributed by atoms with Gasteiger partial charge in [-0.15, -0.1) is 0 Å². The molecule has 0 aromatic carbocycles. The lowest BCUT2D eigenvalue weighted by Crippen LogP contribution is -2.48. The molecule has 0 aliphatic carbocycles. The fourth-order valence-corrected chi connectivity index (χ4v) is 1.57. The molecular formula is C9H18N2OS. The van der Waals surface area contributed by atoms with Crippen molar-refractivity contribution in [2.75, 3.05) is 39.0 Å². The average molecular weight is 202 g/mol. The molecule has 1 atom stereocenters. The van der Waals surface area contributed by atoms with Gasteiger partial charge in [-0.1, -0.05) is 6.92 Å². The van der Waals surface area contributed by atoms with Crippen LogP contribution in [0.2, 0.25) is 0 Å². The van der Waals surface area contributed by atoms with Gasteiger partial charge in [0.1, 0.15) is 0 Å². The molecule has 0 N–H and O–H groups in total. The number of carbonyl (C=O) groups excluding carboxylic acids is 1. The monoisotopic (exact) mass is 202 g/mol.